The number of aromatic nitrogens is 2. The largest absolute Gasteiger partial charge is 0.305 e. The number of hydrogen-bond donors (Lipinski definition) is 0. The molecular formula is C41H42GeIrN2SSi-2. The van der Waals surface area contributed by atoms with Crippen molar-refractivity contribution < 1.29 is 20.1 Å². The van der Waals surface area contributed by atoms with E-state index in [4.69, 9.17) is 0 Å². The second-order valence-electron chi connectivity index (χ2n) is 14.4. The summed E-state index contributed by atoms with van der Waals surface area (Å²) in [6.45, 7) is 11.4. The van der Waals surface area contributed by atoms with Gasteiger partial charge in [0, 0.05) is 26.3 Å². The van der Waals surface area contributed by atoms with E-state index in [9.17, 15) is 0 Å². The van der Waals surface area contributed by atoms with Crippen LogP contribution >= 0.6 is 11.3 Å². The summed E-state index contributed by atoms with van der Waals surface area (Å²) < 4.78 is 4.29. The van der Waals surface area contributed by atoms with E-state index in [0.717, 1.165) is 22.5 Å². The number of pyridine rings is 2. The van der Waals surface area contributed by atoms with Crippen LogP contribution in [-0.2, 0) is 20.1 Å². The summed E-state index contributed by atoms with van der Waals surface area (Å²) in [5, 5.41) is 6.96. The van der Waals surface area contributed by atoms with Gasteiger partial charge in [-0.1, -0.05) is 31.8 Å². The Labute approximate surface area is 301 Å². The number of benzene rings is 4. The fraction of sp³-hybridized carbons (Fsp3) is 0.220. The summed E-state index contributed by atoms with van der Waals surface area (Å²) in [5.74, 6) is 7.96. The normalized spacial score (nSPS) is 11.9. The van der Waals surface area contributed by atoms with Crippen molar-refractivity contribution in [3.8, 4) is 22.5 Å². The summed E-state index contributed by atoms with van der Waals surface area (Å²) in [6, 6.07) is 39.2. The van der Waals surface area contributed by atoms with Crippen LogP contribution in [0.25, 0.3) is 53.5 Å². The van der Waals surface area contributed by atoms with Crippen molar-refractivity contribution in [3.05, 3.63) is 121 Å². The van der Waals surface area contributed by atoms with E-state index in [0.29, 0.717) is 5.92 Å². The Morgan fingerprint density at radius 3 is 2.11 bits per heavy atom. The van der Waals surface area contributed by atoms with Crippen molar-refractivity contribution >= 4 is 73.2 Å². The van der Waals surface area contributed by atoms with Crippen molar-refractivity contribution in [3.63, 3.8) is 0 Å². The standard InChI is InChI=1S/C27H26GeNS.C14H16NSi.Ir/c1-17(2)18-12-13-29-25(15-18)19-10-11-26-22(14-19)23-16-24(28(3,4)5)20-8-6-7-9-21(20)27(23)30-26;1-16(2,3)13-9-10-14(15-11-13)12-7-5-4-6-8-12;/h6-9,11-17H,1-5H3;4-7,9-11H,1-3H3;/q2*-1;. The minimum atomic E-state index is -2.04. The van der Waals surface area contributed by atoms with Crippen molar-refractivity contribution in [2.45, 2.75) is 56.7 Å². The molecule has 0 N–H and O–H groups in total. The van der Waals surface area contributed by atoms with E-state index < -0.39 is 21.3 Å². The fourth-order valence-electron chi connectivity index (χ4n) is 5.81. The number of rotatable bonds is 5. The molecule has 47 heavy (non-hydrogen) atoms. The zero-order chi connectivity index (χ0) is 32.6. The minimum absolute atomic E-state index is 0. The maximum atomic E-state index is 4.65. The minimum Gasteiger partial charge on any atom is -0.305 e. The number of thiophene rings is 1. The molecule has 0 spiro atoms. The first kappa shape index (κ1) is 35.4. The first-order valence-corrected chi connectivity index (χ1v) is 27.8. The van der Waals surface area contributed by atoms with Crippen molar-refractivity contribution in [1.82, 2.24) is 9.97 Å². The summed E-state index contributed by atoms with van der Waals surface area (Å²) in [4.78, 5) is 9.17. The maximum absolute atomic E-state index is 4.65. The Hall–Kier alpha value is -2.93. The molecule has 3 heterocycles. The van der Waals surface area contributed by atoms with Crippen molar-refractivity contribution in [2.75, 3.05) is 0 Å². The monoisotopic (exact) mass is 889 g/mol. The third-order valence-corrected chi connectivity index (χ3v) is 16.0. The predicted octanol–water partition coefficient (Wildman–Crippen LogP) is 10.8. The van der Waals surface area contributed by atoms with Crippen LogP contribution in [0.5, 0.6) is 0 Å². The van der Waals surface area contributed by atoms with Gasteiger partial charge in [-0.25, -0.2) is 0 Å². The smallest absolute Gasteiger partial charge is 0.0795 e. The van der Waals surface area contributed by atoms with Gasteiger partial charge in [-0.3, -0.25) is 0 Å². The van der Waals surface area contributed by atoms with E-state index in [1.807, 2.05) is 48.0 Å². The van der Waals surface area contributed by atoms with Gasteiger partial charge < -0.3 is 4.98 Å². The molecule has 0 fully saturated rings. The molecule has 0 aliphatic carbocycles. The van der Waals surface area contributed by atoms with E-state index in [2.05, 4.69) is 140 Å². The summed E-state index contributed by atoms with van der Waals surface area (Å²) in [5.41, 5.74) is 5.47. The van der Waals surface area contributed by atoms with E-state index in [1.165, 1.54) is 41.7 Å². The van der Waals surface area contributed by atoms with Crippen molar-refractivity contribution in [2.24, 2.45) is 0 Å². The Morgan fingerprint density at radius 1 is 0.723 bits per heavy atom. The Morgan fingerprint density at radius 2 is 1.47 bits per heavy atom. The van der Waals surface area contributed by atoms with Gasteiger partial charge in [0.05, 0.1) is 8.07 Å². The second-order valence-corrected chi connectivity index (χ2v) is 31.1. The molecule has 2 nitrogen and oxygen atoms in total. The molecule has 4 aromatic carbocycles. The molecule has 0 aliphatic rings. The van der Waals surface area contributed by atoms with Crippen LogP contribution in [-0.4, -0.2) is 31.3 Å². The molecule has 0 bridgehead atoms. The second kappa shape index (κ2) is 14.3. The van der Waals surface area contributed by atoms with Gasteiger partial charge in [0.1, 0.15) is 0 Å². The summed E-state index contributed by atoms with van der Waals surface area (Å²) >= 11 is -0.147. The van der Waals surface area contributed by atoms with E-state index >= 15 is 0 Å². The topological polar surface area (TPSA) is 25.8 Å². The molecule has 0 atom stereocenters. The third-order valence-electron chi connectivity index (χ3n) is 8.56. The molecule has 3 aromatic heterocycles. The van der Waals surface area contributed by atoms with Crippen LogP contribution in [0.1, 0.15) is 25.3 Å². The molecule has 6 heteroatoms. The van der Waals surface area contributed by atoms with Gasteiger partial charge in [0.2, 0.25) is 0 Å². The molecule has 0 amide bonds. The Kier molecular flexibility index (Phi) is 10.7. The first-order valence-electron chi connectivity index (χ1n) is 16.1. The van der Waals surface area contributed by atoms with Crippen LogP contribution < -0.4 is 9.58 Å². The van der Waals surface area contributed by atoms with Crippen LogP contribution in [0, 0.1) is 12.1 Å². The summed E-state index contributed by atoms with van der Waals surface area (Å²) in [7, 11) is -1.23. The first-order chi connectivity index (χ1) is 21.9. The number of fused-ring (bicyclic) bond motifs is 5. The average Bonchev–Trinajstić information content (AvgIpc) is 3.43. The zero-order valence-electron chi connectivity index (χ0n) is 28.5. The van der Waals surface area contributed by atoms with Gasteiger partial charge in [0.25, 0.3) is 0 Å². The quantitative estimate of drug-likeness (QED) is 0.127. The molecule has 7 rings (SSSR count). The molecule has 241 valence electrons. The van der Waals surface area contributed by atoms with Crippen molar-refractivity contribution in [1.29, 1.82) is 0 Å². The van der Waals surface area contributed by atoms with Crippen LogP contribution in [0.3, 0.4) is 0 Å². The molecular weight excluding hydrogens is 845 g/mol. The molecule has 0 saturated heterocycles. The molecule has 0 saturated carbocycles. The Balaban J connectivity index is 0.000000217. The van der Waals surface area contributed by atoms with Gasteiger partial charge in [0.15, 0.2) is 0 Å². The van der Waals surface area contributed by atoms with Gasteiger partial charge >= 0.3 is 186 Å². The zero-order valence-corrected chi connectivity index (χ0v) is 34.8. The number of nitrogens with zero attached hydrogens (tertiary/aromatic N) is 2. The van der Waals surface area contributed by atoms with Crippen LogP contribution in [0.4, 0.5) is 0 Å². The van der Waals surface area contributed by atoms with Gasteiger partial charge in [-0.2, -0.15) is 0 Å². The van der Waals surface area contributed by atoms with E-state index in [-0.39, 0.29) is 20.1 Å². The maximum Gasteiger partial charge on any atom is 0.0795 e. The van der Waals surface area contributed by atoms with E-state index in [1.54, 1.807) is 4.40 Å². The molecule has 0 aliphatic heterocycles. The van der Waals surface area contributed by atoms with Gasteiger partial charge in [-0.05, 0) is 10.9 Å². The Bertz CT molecular complexity index is 2140. The van der Waals surface area contributed by atoms with Crippen LogP contribution in [0.15, 0.2) is 103 Å². The third kappa shape index (κ3) is 7.71. The molecule has 1 radical (unpaired) electrons. The summed E-state index contributed by atoms with van der Waals surface area (Å²) in [6.07, 6.45) is 3.94. The predicted molar refractivity (Wildman–Crippen MR) is 207 cm³/mol. The average molecular weight is 888 g/mol. The number of hydrogen-bond acceptors (Lipinski definition) is 3. The van der Waals surface area contributed by atoms with Gasteiger partial charge in [-0.15, -0.1) is 35.9 Å². The van der Waals surface area contributed by atoms with Crippen LogP contribution in [0.2, 0.25) is 36.9 Å². The SMILES string of the molecule is CC(C)c1ccnc(-c2[c-]cc3sc4c5ccccc5[c]([Ge]([CH3])([CH3])[CH3])cc4c3c2)c1.C[Si](C)(C)c1ccc(-c2[c-]cccc2)nc1.[Ir]. The molecule has 0 unspecified atom stereocenters. The fourth-order valence-corrected chi connectivity index (χ4v) is 11.4. The molecule has 7 aromatic rings.